The summed E-state index contributed by atoms with van der Waals surface area (Å²) in [5.74, 6) is 0.226. The zero-order valence-corrected chi connectivity index (χ0v) is 19.4. The van der Waals surface area contributed by atoms with Gasteiger partial charge < -0.3 is 9.64 Å². The summed E-state index contributed by atoms with van der Waals surface area (Å²) in [5.41, 5.74) is 1.13. The molecule has 0 aromatic heterocycles. The van der Waals surface area contributed by atoms with Crippen LogP contribution in [0.2, 0.25) is 0 Å². The van der Waals surface area contributed by atoms with E-state index >= 15 is 0 Å². The zero-order chi connectivity index (χ0) is 22.6. The van der Waals surface area contributed by atoms with Gasteiger partial charge in [-0.05, 0) is 56.5 Å². The van der Waals surface area contributed by atoms with Crippen LogP contribution in [-0.2, 0) is 10.0 Å². The Labute approximate surface area is 190 Å². The summed E-state index contributed by atoms with van der Waals surface area (Å²) in [6, 6.07) is 13.7. The van der Waals surface area contributed by atoms with E-state index in [4.69, 9.17) is 4.74 Å². The van der Waals surface area contributed by atoms with Crippen molar-refractivity contribution >= 4 is 15.7 Å². The number of ether oxygens (including phenoxy) is 1. The first kappa shape index (κ1) is 23.0. The van der Waals surface area contributed by atoms with Crippen LogP contribution in [0.3, 0.4) is 0 Å². The molecule has 2 saturated heterocycles. The van der Waals surface area contributed by atoms with E-state index in [1.165, 1.54) is 22.5 Å². The molecule has 0 unspecified atom stereocenters. The van der Waals surface area contributed by atoms with E-state index in [0.29, 0.717) is 6.54 Å². The van der Waals surface area contributed by atoms with E-state index in [2.05, 4.69) is 15.9 Å². The maximum absolute atomic E-state index is 14.1. The molecule has 32 heavy (non-hydrogen) atoms. The van der Waals surface area contributed by atoms with Crippen molar-refractivity contribution in [3.63, 3.8) is 0 Å². The molecule has 0 bridgehead atoms. The Hall–Kier alpha value is -2.16. The molecule has 0 aliphatic carbocycles. The molecule has 1 atom stereocenters. The van der Waals surface area contributed by atoms with E-state index in [0.717, 1.165) is 69.8 Å². The highest BCUT2D eigenvalue weighted by atomic mass is 32.2. The fourth-order valence-corrected chi connectivity index (χ4v) is 6.64. The standard InChI is InChI=1S/C24H32FN3O3S/c1-31-23-12-4-3-11-22(23)27-18-16-26(17-19-27)14-6-8-20-9-7-15-28(20)32(29,30)24-13-5-2-10-21(24)25/h2-5,10-13,20H,6-9,14-19H2,1H3/t20-/m0/s1. The summed E-state index contributed by atoms with van der Waals surface area (Å²) in [4.78, 5) is 4.59. The second kappa shape index (κ2) is 10.2. The maximum Gasteiger partial charge on any atom is 0.246 e. The van der Waals surface area contributed by atoms with E-state index in [9.17, 15) is 12.8 Å². The molecule has 0 N–H and O–H groups in total. The highest BCUT2D eigenvalue weighted by molar-refractivity contribution is 7.89. The minimum Gasteiger partial charge on any atom is -0.495 e. The van der Waals surface area contributed by atoms with E-state index in [-0.39, 0.29) is 10.9 Å². The minimum absolute atomic E-state index is 0.0468. The third-order valence-electron chi connectivity index (χ3n) is 6.56. The Balaban J connectivity index is 1.28. The SMILES string of the molecule is COc1ccccc1N1CCN(CCC[C@H]2CCCN2S(=O)(=O)c2ccccc2F)CC1. The van der Waals surface area contributed by atoms with Crippen molar-refractivity contribution in [3.05, 3.63) is 54.3 Å². The Morgan fingerprint density at radius 1 is 1.00 bits per heavy atom. The molecule has 6 nitrogen and oxygen atoms in total. The lowest BCUT2D eigenvalue weighted by Crippen LogP contribution is -2.47. The fourth-order valence-electron chi connectivity index (χ4n) is 4.85. The molecule has 2 fully saturated rings. The van der Waals surface area contributed by atoms with Crippen molar-refractivity contribution in [2.75, 3.05) is 51.3 Å². The normalized spacial score (nSPS) is 20.6. The van der Waals surface area contributed by atoms with Crippen molar-refractivity contribution in [2.24, 2.45) is 0 Å². The molecule has 0 radical (unpaired) electrons. The molecule has 0 spiro atoms. The van der Waals surface area contributed by atoms with Crippen molar-refractivity contribution in [1.29, 1.82) is 0 Å². The molecule has 4 rings (SSSR count). The lowest BCUT2D eigenvalue weighted by Gasteiger charge is -2.36. The minimum atomic E-state index is -3.79. The van der Waals surface area contributed by atoms with Gasteiger partial charge in [0.25, 0.3) is 0 Å². The van der Waals surface area contributed by atoms with Crippen LogP contribution >= 0.6 is 0 Å². The van der Waals surface area contributed by atoms with Crippen LogP contribution in [0.25, 0.3) is 0 Å². The van der Waals surface area contributed by atoms with Gasteiger partial charge in [0.2, 0.25) is 10.0 Å². The monoisotopic (exact) mass is 461 g/mol. The Bertz CT molecular complexity index is 1010. The molecule has 2 heterocycles. The fraction of sp³-hybridized carbons (Fsp3) is 0.500. The lowest BCUT2D eigenvalue weighted by molar-refractivity contribution is 0.242. The van der Waals surface area contributed by atoms with Gasteiger partial charge in [0.05, 0.1) is 12.8 Å². The Morgan fingerprint density at radius 2 is 1.72 bits per heavy atom. The van der Waals surface area contributed by atoms with Gasteiger partial charge in [0, 0.05) is 38.8 Å². The molecule has 2 aromatic rings. The smallest absolute Gasteiger partial charge is 0.246 e. The summed E-state index contributed by atoms with van der Waals surface area (Å²) >= 11 is 0. The number of para-hydroxylation sites is 2. The molecular formula is C24H32FN3O3S. The average Bonchev–Trinajstić information content (AvgIpc) is 3.29. The number of nitrogens with zero attached hydrogens (tertiary/aromatic N) is 3. The number of benzene rings is 2. The van der Waals surface area contributed by atoms with Gasteiger partial charge in [0.15, 0.2) is 0 Å². The lowest BCUT2D eigenvalue weighted by atomic mass is 10.1. The van der Waals surface area contributed by atoms with Crippen molar-refractivity contribution in [2.45, 2.75) is 36.6 Å². The van der Waals surface area contributed by atoms with Crippen molar-refractivity contribution in [3.8, 4) is 5.75 Å². The van der Waals surface area contributed by atoms with Crippen LogP contribution in [0.5, 0.6) is 5.75 Å². The van der Waals surface area contributed by atoms with Crippen LogP contribution in [0.1, 0.15) is 25.7 Å². The Morgan fingerprint density at radius 3 is 2.47 bits per heavy atom. The van der Waals surface area contributed by atoms with Crippen LogP contribution < -0.4 is 9.64 Å². The molecule has 8 heteroatoms. The largest absolute Gasteiger partial charge is 0.495 e. The van der Waals surface area contributed by atoms with Gasteiger partial charge in [-0.3, -0.25) is 4.90 Å². The predicted octanol–water partition coefficient (Wildman–Crippen LogP) is 3.59. The molecule has 0 amide bonds. The van der Waals surface area contributed by atoms with Gasteiger partial charge in [0.1, 0.15) is 16.5 Å². The number of rotatable bonds is 8. The maximum atomic E-state index is 14.1. The molecule has 0 saturated carbocycles. The molecular weight excluding hydrogens is 429 g/mol. The third-order valence-corrected chi connectivity index (χ3v) is 8.54. The summed E-state index contributed by atoms with van der Waals surface area (Å²) in [6.45, 7) is 5.25. The van der Waals surface area contributed by atoms with Gasteiger partial charge in [-0.25, -0.2) is 12.8 Å². The van der Waals surface area contributed by atoms with Gasteiger partial charge >= 0.3 is 0 Å². The number of hydrogen-bond donors (Lipinski definition) is 0. The highest BCUT2D eigenvalue weighted by Crippen LogP contribution is 2.30. The number of methoxy groups -OCH3 is 1. The molecule has 2 aromatic carbocycles. The first-order valence-electron chi connectivity index (χ1n) is 11.4. The molecule has 2 aliphatic rings. The number of piperazine rings is 1. The number of hydrogen-bond acceptors (Lipinski definition) is 5. The van der Waals surface area contributed by atoms with Crippen molar-refractivity contribution in [1.82, 2.24) is 9.21 Å². The third kappa shape index (κ3) is 4.92. The van der Waals surface area contributed by atoms with E-state index in [1.807, 2.05) is 18.2 Å². The topological polar surface area (TPSA) is 53.1 Å². The highest BCUT2D eigenvalue weighted by Gasteiger charge is 2.36. The van der Waals surface area contributed by atoms with Crippen LogP contribution in [0.15, 0.2) is 53.4 Å². The molecule has 2 aliphatic heterocycles. The molecule has 174 valence electrons. The Kier molecular flexibility index (Phi) is 7.33. The van der Waals surface area contributed by atoms with Crippen LogP contribution in [0.4, 0.5) is 10.1 Å². The first-order chi connectivity index (χ1) is 15.5. The van der Waals surface area contributed by atoms with Gasteiger partial charge in [-0.15, -0.1) is 0 Å². The van der Waals surface area contributed by atoms with Crippen molar-refractivity contribution < 1.29 is 17.5 Å². The number of halogens is 1. The van der Waals surface area contributed by atoms with Crippen LogP contribution in [0, 0.1) is 5.82 Å². The summed E-state index contributed by atoms with van der Waals surface area (Å²) in [6.07, 6.45) is 3.41. The zero-order valence-electron chi connectivity index (χ0n) is 18.6. The van der Waals surface area contributed by atoms with Crippen LogP contribution in [-0.4, -0.2) is 70.0 Å². The second-order valence-corrected chi connectivity index (χ2v) is 10.3. The average molecular weight is 462 g/mol. The summed E-state index contributed by atoms with van der Waals surface area (Å²) < 4.78 is 47.2. The number of sulfonamides is 1. The summed E-state index contributed by atoms with van der Waals surface area (Å²) in [7, 11) is -2.09. The first-order valence-corrected chi connectivity index (χ1v) is 12.8. The van der Waals surface area contributed by atoms with Gasteiger partial charge in [-0.2, -0.15) is 4.31 Å². The van der Waals surface area contributed by atoms with Gasteiger partial charge in [-0.1, -0.05) is 24.3 Å². The quantitative estimate of drug-likeness (QED) is 0.601. The van der Waals surface area contributed by atoms with E-state index < -0.39 is 15.8 Å². The number of anilines is 1. The van der Waals surface area contributed by atoms with E-state index in [1.54, 1.807) is 13.2 Å². The second-order valence-electron chi connectivity index (χ2n) is 8.48. The summed E-state index contributed by atoms with van der Waals surface area (Å²) in [5, 5.41) is 0. The predicted molar refractivity (Wildman–Crippen MR) is 124 cm³/mol.